The minimum Gasteiger partial charge on any atom is -0.461 e. The molecule has 1 fully saturated rings. The van der Waals surface area contributed by atoms with Crippen molar-refractivity contribution in [2.75, 3.05) is 18.0 Å². The molecule has 1 aliphatic heterocycles. The molecule has 4 heterocycles. The number of carbonyl (C=O) groups excluding carboxylic acids is 1. The molecule has 1 saturated heterocycles. The number of ketones is 1. The van der Waals surface area contributed by atoms with Gasteiger partial charge in [-0.05, 0) is 37.1 Å². The first kappa shape index (κ1) is 17.2. The van der Waals surface area contributed by atoms with Crippen LogP contribution in [0.15, 0.2) is 58.2 Å². The number of aromatic nitrogens is 3. The van der Waals surface area contributed by atoms with Gasteiger partial charge in [-0.2, -0.15) is 0 Å². The van der Waals surface area contributed by atoms with Crippen molar-refractivity contribution in [3.8, 4) is 11.3 Å². The monoisotopic (exact) mass is 364 g/mol. The maximum atomic E-state index is 12.7. The first-order chi connectivity index (χ1) is 13.1. The van der Waals surface area contributed by atoms with E-state index in [1.54, 1.807) is 31.6 Å². The number of piperidine rings is 1. The van der Waals surface area contributed by atoms with Crippen molar-refractivity contribution >= 4 is 11.7 Å². The average molecular weight is 364 g/mol. The van der Waals surface area contributed by atoms with E-state index >= 15 is 0 Å². The van der Waals surface area contributed by atoms with Crippen molar-refractivity contribution in [1.82, 2.24) is 14.5 Å². The summed E-state index contributed by atoms with van der Waals surface area (Å²) in [6.07, 6.45) is 6.51. The highest BCUT2D eigenvalue weighted by molar-refractivity contribution is 5.95. The van der Waals surface area contributed by atoms with Crippen LogP contribution in [0.1, 0.15) is 23.4 Å². The van der Waals surface area contributed by atoms with Crippen molar-refractivity contribution in [3.63, 3.8) is 0 Å². The molecule has 0 aromatic carbocycles. The van der Waals surface area contributed by atoms with E-state index in [0.29, 0.717) is 23.9 Å². The lowest BCUT2D eigenvalue weighted by Crippen LogP contribution is -2.41. The molecule has 3 aromatic rings. The summed E-state index contributed by atoms with van der Waals surface area (Å²) in [6, 6.07) is 8.58. The Morgan fingerprint density at radius 3 is 2.81 bits per heavy atom. The molecule has 0 N–H and O–H groups in total. The summed E-state index contributed by atoms with van der Waals surface area (Å²) in [5, 5.41) is 0. The molecular formula is C20H20N4O3. The number of rotatable bonds is 4. The number of hydrogen-bond acceptors (Lipinski definition) is 6. The number of furan rings is 1. The van der Waals surface area contributed by atoms with Crippen molar-refractivity contribution in [2.24, 2.45) is 13.0 Å². The summed E-state index contributed by atoms with van der Waals surface area (Å²) in [4.78, 5) is 35.9. The lowest BCUT2D eigenvalue weighted by molar-refractivity contribution is 0.0878. The smallest absolute Gasteiger partial charge is 0.255 e. The number of Topliss-reactive ketones (excluding diaryl/α,β-unsaturated/α-hetero) is 1. The molecule has 27 heavy (non-hydrogen) atoms. The zero-order valence-electron chi connectivity index (χ0n) is 15.0. The van der Waals surface area contributed by atoms with E-state index in [1.165, 1.54) is 16.9 Å². The van der Waals surface area contributed by atoms with Crippen LogP contribution < -0.4 is 10.5 Å². The van der Waals surface area contributed by atoms with Crippen LogP contribution in [0.3, 0.4) is 0 Å². The predicted molar refractivity (Wildman–Crippen MR) is 101 cm³/mol. The third kappa shape index (κ3) is 3.40. The van der Waals surface area contributed by atoms with Gasteiger partial charge in [0.2, 0.25) is 11.7 Å². The molecular weight excluding hydrogens is 344 g/mol. The van der Waals surface area contributed by atoms with Gasteiger partial charge in [0.1, 0.15) is 0 Å². The number of anilines is 1. The highest BCUT2D eigenvalue weighted by atomic mass is 16.3. The SMILES string of the molecule is Cn1c(N2CCCC(C(=O)c3ccco3)C2)nc(-c2ccncc2)cc1=O. The van der Waals surface area contributed by atoms with Gasteiger partial charge in [-0.1, -0.05) is 0 Å². The largest absolute Gasteiger partial charge is 0.461 e. The lowest BCUT2D eigenvalue weighted by Gasteiger charge is -2.33. The van der Waals surface area contributed by atoms with E-state index in [0.717, 1.165) is 24.9 Å². The number of carbonyl (C=O) groups is 1. The fraction of sp³-hybridized carbons (Fsp3) is 0.300. The van der Waals surface area contributed by atoms with Crippen LogP contribution in [0.2, 0.25) is 0 Å². The van der Waals surface area contributed by atoms with E-state index in [9.17, 15) is 9.59 Å². The highest BCUT2D eigenvalue weighted by Crippen LogP contribution is 2.25. The Balaban J connectivity index is 1.65. The van der Waals surface area contributed by atoms with Gasteiger partial charge in [-0.25, -0.2) is 4.98 Å². The number of hydrogen-bond donors (Lipinski definition) is 0. The Hall–Kier alpha value is -3.22. The average Bonchev–Trinajstić information content (AvgIpc) is 3.25. The Morgan fingerprint density at radius 2 is 2.07 bits per heavy atom. The second-order valence-electron chi connectivity index (χ2n) is 6.70. The molecule has 4 rings (SSSR count). The van der Waals surface area contributed by atoms with Gasteiger partial charge in [0.05, 0.1) is 12.0 Å². The van der Waals surface area contributed by atoms with Crippen molar-refractivity contribution in [3.05, 3.63) is 65.1 Å². The van der Waals surface area contributed by atoms with Crippen molar-refractivity contribution in [1.29, 1.82) is 0 Å². The second kappa shape index (κ2) is 7.19. The Labute approximate surface area is 156 Å². The normalized spacial score (nSPS) is 17.1. The molecule has 0 radical (unpaired) electrons. The molecule has 1 atom stereocenters. The van der Waals surface area contributed by atoms with Crippen LogP contribution in [0.5, 0.6) is 0 Å². The summed E-state index contributed by atoms with van der Waals surface area (Å²) in [5.74, 6) is 0.784. The standard InChI is InChI=1S/C20H20N4O3/c1-23-18(25)12-16(14-6-8-21-9-7-14)22-20(23)24-10-2-4-15(13-24)19(26)17-5-3-11-27-17/h3,5-9,11-12,15H,2,4,10,13H2,1H3. The van der Waals surface area contributed by atoms with E-state index in [1.807, 2.05) is 17.0 Å². The summed E-state index contributed by atoms with van der Waals surface area (Å²) in [6.45, 7) is 1.27. The second-order valence-corrected chi connectivity index (χ2v) is 6.70. The maximum absolute atomic E-state index is 12.7. The Morgan fingerprint density at radius 1 is 1.26 bits per heavy atom. The quantitative estimate of drug-likeness (QED) is 0.662. The van der Waals surface area contributed by atoms with Crippen LogP contribution in [0, 0.1) is 5.92 Å². The molecule has 7 heteroatoms. The fourth-order valence-electron chi connectivity index (χ4n) is 3.47. The van der Waals surface area contributed by atoms with E-state index < -0.39 is 0 Å². The zero-order chi connectivity index (χ0) is 18.8. The van der Waals surface area contributed by atoms with Gasteiger partial charge in [-0.15, -0.1) is 0 Å². The van der Waals surface area contributed by atoms with Gasteiger partial charge in [0.15, 0.2) is 5.76 Å². The topological polar surface area (TPSA) is 81.2 Å². The van der Waals surface area contributed by atoms with Gasteiger partial charge >= 0.3 is 0 Å². The molecule has 1 unspecified atom stereocenters. The van der Waals surface area contributed by atoms with Gasteiger partial charge in [-0.3, -0.25) is 19.1 Å². The van der Waals surface area contributed by atoms with Crippen molar-refractivity contribution < 1.29 is 9.21 Å². The molecule has 0 saturated carbocycles. The summed E-state index contributed by atoms with van der Waals surface area (Å²) in [7, 11) is 1.71. The van der Waals surface area contributed by atoms with Crippen LogP contribution >= 0.6 is 0 Å². The first-order valence-corrected chi connectivity index (χ1v) is 8.94. The first-order valence-electron chi connectivity index (χ1n) is 8.94. The van der Waals surface area contributed by atoms with Gasteiger partial charge in [0.25, 0.3) is 5.56 Å². The van der Waals surface area contributed by atoms with Crippen LogP contribution in [-0.2, 0) is 7.05 Å². The molecule has 138 valence electrons. The van der Waals surface area contributed by atoms with E-state index in [4.69, 9.17) is 9.40 Å². The molecule has 0 aliphatic carbocycles. The number of nitrogens with zero attached hydrogens (tertiary/aromatic N) is 4. The fourth-order valence-corrected chi connectivity index (χ4v) is 3.47. The molecule has 3 aromatic heterocycles. The third-order valence-corrected chi connectivity index (χ3v) is 4.93. The molecule has 0 spiro atoms. The zero-order valence-corrected chi connectivity index (χ0v) is 15.0. The van der Waals surface area contributed by atoms with E-state index in [-0.39, 0.29) is 17.3 Å². The molecule has 1 aliphatic rings. The maximum Gasteiger partial charge on any atom is 0.255 e. The molecule has 7 nitrogen and oxygen atoms in total. The lowest BCUT2D eigenvalue weighted by atomic mass is 9.93. The van der Waals surface area contributed by atoms with Crippen LogP contribution in [0.25, 0.3) is 11.3 Å². The van der Waals surface area contributed by atoms with Crippen molar-refractivity contribution in [2.45, 2.75) is 12.8 Å². The summed E-state index contributed by atoms with van der Waals surface area (Å²) >= 11 is 0. The van der Waals surface area contributed by atoms with Gasteiger partial charge in [0, 0.05) is 50.1 Å². The Kier molecular flexibility index (Phi) is 4.58. The third-order valence-electron chi connectivity index (χ3n) is 4.93. The van der Waals surface area contributed by atoms with Crippen LogP contribution in [-0.4, -0.2) is 33.4 Å². The Bertz CT molecular complexity index is 996. The predicted octanol–water partition coefficient (Wildman–Crippen LogP) is 2.53. The van der Waals surface area contributed by atoms with Gasteiger partial charge < -0.3 is 9.32 Å². The summed E-state index contributed by atoms with van der Waals surface area (Å²) < 4.78 is 6.80. The number of pyridine rings is 1. The summed E-state index contributed by atoms with van der Waals surface area (Å²) in [5.41, 5.74) is 1.31. The van der Waals surface area contributed by atoms with Crippen LogP contribution in [0.4, 0.5) is 5.95 Å². The minimum absolute atomic E-state index is 0.0000108. The molecule has 0 amide bonds. The highest BCUT2D eigenvalue weighted by Gasteiger charge is 2.29. The van der Waals surface area contributed by atoms with E-state index in [2.05, 4.69) is 4.98 Å². The molecule has 0 bridgehead atoms. The minimum atomic E-state index is -0.175.